The SMILES string of the molecule is Cc1cccc(N2CCCC(C)(CC(=O)O)C2)c1C. The third-order valence-corrected chi connectivity index (χ3v) is 4.28. The number of hydrogen-bond acceptors (Lipinski definition) is 2. The molecule has 19 heavy (non-hydrogen) atoms. The van der Waals surface area contributed by atoms with E-state index in [-0.39, 0.29) is 11.8 Å². The van der Waals surface area contributed by atoms with E-state index >= 15 is 0 Å². The molecule has 0 aromatic heterocycles. The van der Waals surface area contributed by atoms with E-state index in [2.05, 4.69) is 43.9 Å². The van der Waals surface area contributed by atoms with Gasteiger partial charge in [-0.25, -0.2) is 0 Å². The largest absolute Gasteiger partial charge is 0.481 e. The van der Waals surface area contributed by atoms with Crippen molar-refractivity contribution in [2.45, 2.75) is 40.0 Å². The molecule has 1 heterocycles. The number of piperidine rings is 1. The van der Waals surface area contributed by atoms with Crippen LogP contribution in [0, 0.1) is 19.3 Å². The molecule has 1 atom stereocenters. The molecule has 0 spiro atoms. The lowest BCUT2D eigenvalue weighted by molar-refractivity contribution is -0.139. The van der Waals surface area contributed by atoms with Gasteiger partial charge in [-0.1, -0.05) is 19.1 Å². The Balaban J connectivity index is 2.21. The maximum atomic E-state index is 11.0. The zero-order valence-corrected chi connectivity index (χ0v) is 12.1. The van der Waals surface area contributed by atoms with Gasteiger partial charge in [0.2, 0.25) is 0 Å². The lowest BCUT2D eigenvalue weighted by Crippen LogP contribution is -2.43. The van der Waals surface area contributed by atoms with Crippen LogP contribution in [0.3, 0.4) is 0 Å². The number of carboxylic acid groups (broad SMARTS) is 1. The van der Waals surface area contributed by atoms with E-state index in [1.807, 2.05) is 0 Å². The summed E-state index contributed by atoms with van der Waals surface area (Å²) in [5.41, 5.74) is 3.75. The summed E-state index contributed by atoms with van der Waals surface area (Å²) < 4.78 is 0. The number of rotatable bonds is 3. The molecule has 1 unspecified atom stereocenters. The van der Waals surface area contributed by atoms with Crippen molar-refractivity contribution in [3.8, 4) is 0 Å². The molecule has 1 fully saturated rings. The molecule has 1 aromatic carbocycles. The van der Waals surface area contributed by atoms with Crippen LogP contribution in [0.25, 0.3) is 0 Å². The minimum Gasteiger partial charge on any atom is -0.481 e. The van der Waals surface area contributed by atoms with Gasteiger partial charge in [0.15, 0.2) is 0 Å². The molecule has 1 aromatic rings. The van der Waals surface area contributed by atoms with Gasteiger partial charge in [-0.2, -0.15) is 0 Å². The highest BCUT2D eigenvalue weighted by molar-refractivity contribution is 5.68. The van der Waals surface area contributed by atoms with E-state index in [1.54, 1.807) is 0 Å². The molecule has 0 radical (unpaired) electrons. The summed E-state index contributed by atoms with van der Waals surface area (Å²) in [7, 11) is 0. The summed E-state index contributed by atoms with van der Waals surface area (Å²) in [5, 5.41) is 9.07. The number of aryl methyl sites for hydroxylation is 1. The standard InChI is InChI=1S/C16H23NO2/c1-12-6-4-7-14(13(12)2)17-9-5-8-16(3,11-17)10-15(18)19/h4,6-7H,5,8-11H2,1-3H3,(H,18,19). The Kier molecular flexibility index (Phi) is 3.83. The second kappa shape index (κ2) is 5.24. The van der Waals surface area contributed by atoms with Gasteiger partial charge in [0.25, 0.3) is 0 Å². The van der Waals surface area contributed by atoms with Crippen molar-refractivity contribution in [2.24, 2.45) is 5.41 Å². The number of anilines is 1. The van der Waals surface area contributed by atoms with Crippen LogP contribution in [-0.2, 0) is 4.79 Å². The van der Waals surface area contributed by atoms with E-state index in [1.165, 1.54) is 16.8 Å². The fourth-order valence-electron chi connectivity index (χ4n) is 3.11. The highest BCUT2D eigenvalue weighted by atomic mass is 16.4. The maximum absolute atomic E-state index is 11.0. The highest BCUT2D eigenvalue weighted by Gasteiger charge is 2.33. The average Bonchev–Trinajstić information content (AvgIpc) is 2.31. The minimum atomic E-state index is -0.690. The number of hydrogen-bond donors (Lipinski definition) is 1. The smallest absolute Gasteiger partial charge is 0.303 e. The van der Waals surface area contributed by atoms with Crippen LogP contribution in [0.2, 0.25) is 0 Å². The number of carbonyl (C=O) groups is 1. The summed E-state index contributed by atoms with van der Waals surface area (Å²) >= 11 is 0. The number of aliphatic carboxylic acids is 1. The Morgan fingerprint density at radius 1 is 1.42 bits per heavy atom. The van der Waals surface area contributed by atoms with Gasteiger partial charge in [0.05, 0.1) is 6.42 Å². The molecule has 3 nitrogen and oxygen atoms in total. The quantitative estimate of drug-likeness (QED) is 0.906. The Morgan fingerprint density at radius 2 is 2.16 bits per heavy atom. The van der Waals surface area contributed by atoms with Crippen molar-refractivity contribution in [2.75, 3.05) is 18.0 Å². The fourth-order valence-corrected chi connectivity index (χ4v) is 3.11. The summed E-state index contributed by atoms with van der Waals surface area (Å²) in [5.74, 6) is -0.690. The van der Waals surface area contributed by atoms with Crippen LogP contribution in [0.1, 0.15) is 37.3 Å². The van der Waals surface area contributed by atoms with Crippen molar-refractivity contribution >= 4 is 11.7 Å². The molecule has 2 rings (SSSR count). The molecule has 1 saturated heterocycles. The van der Waals surface area contributed by atoms with Gasteiger partial charge in [-0.3, -0.25) is 4.79 Å². The van der Waals surface area contributed by atoms with E-state index in [0.29, 0.717) is 0 Å². The number of nitrogens with zero attached hydrogens (tertiary/aromatic N) is 1. The van der Waals surface area contributed by atoms with Crippen LogP contribution in [-0.4, -0.2) is 24.2 Å². The van der Waals surface area contributed by atoms with E-state index in [9.17, 15) is 4.79 Å². The molecule has 0 bridgehead atoms. The predicted molar refractivity (Wildman–Crippen MR) is 77.7 cm³/mol. The lowest BCUT2D eigenvalue weighted by atomic mass is 9.78. The predicted octanol–water partition coefficient (Wildman–Crippen LogP) is 3.38. The normalized spacial score (nSPS) is 23.4. The lowest BCUT2D eigenvalue weighted by Gasteiger charge is -2.41. The van der Waals surface area contributed by atoms with Crippen LogP contribution < -0.4 is 4.90 Å². The van der Waals surface area contributed by atoms with Gasteiger partial charge in [0.1, 0.15) is 0 Å². The third-order valence-electron chi connectivity index (χ3n) is 4.28. The van der Waals surface area contributed by atoms with Crippen LogP contribution in [0.4, 0.5) is 5.69 Å². The first kappa shape index (κ1) is 13.9. The van der Waals surface area contributed by atoms with E-state index in [4.69, 9.17) is 5.11 Å². The number of benzene rings is 1. The number of carboxylic acids is 1. The molecule has 1 aliphatic rings. The highest BCUT2D eigenvalue weighted by Crippen LogP contribution is 2.36. The van der Waals surface area contributed by atoms with E-state index in [0.717, 1.165) is 25.9 Å². The van der Waals surface area contributed by atoms with Gasteiger partial charge >= 0.3 is 5.97 Å². The zero-order valence-electron chi connectivity index (χ0n) is 12.1. The van der Waals surface area contributed by atoms with Crippen molar-refractivity contribution in [3.63, 3.8) is 0 Å². The molecule has 0 aliphatic carbocycles. The molecule has 1 aliphatic heterocycles. The van der Waals surface area contributed by atoms with Crippen molar-refractivity contribution < 1.29 is 9.90 Å². The Morgan fingerprint density at radius 3 is 2.84 bits per heavy atom. The average molecular weight is 261 g/mol. The van der Waals surface area contributed by atoms with Gasteiger partial charge in [-0.05, 0) is 49.3 Å². The van der Waals surface area contributed by atoms with Gasteiger partial charge in [0, 0.05) is 18.8 Å². The topological polar surface area (TPSA) is 40.5 Å². The molecule has 0 amide bonds. The minimum absolute atomic E-state index is 0.111. The van der Waals surface area contributed by atoms with Gasteiger partial charge in [-0.15, -0.1) is 0 Å². The molecule has 3 heteroatoms. The summed E-state index contributed by atoms with van der Waals surface area (Å²) in [4.78, 5) is 13.4. The van der Waals surface area contributed by atoms with Crippen molar-refractivity contribution in [3.05, 3.63) is 29.3 Å². The molecule has 104 valence electrons. The van der Waals surface area contributed by atoms with Crippen LogP contribution in [0.5, 0.6) is 0 Å². The monoisotopic (exact) mass is 261 g/mol. The summed E-state index contributed by atoms with van der Waals surface area (Å²) in [6, 6.07) is 6.36. The Labute approximate surface area is 115 Å². The second-order valence-electron chi connectivity index (χ2n) is 6.13. The van der Waals surface area contributed by atoms with Gasteiger partial charge < -0.3 is 10.0 Å². The molecule has 0 saturated carbocycles. The van der Waals surface area contributed by atoms with Crippen molar-refractivity contribution in [1.29, 1.82) is 0 Å². The first-order valence-electron chi connectivity index (χ1n) is 6.94. The Hall–Kier alpha value is -1.51. The third kappa shape index (κ3) is 3.09. The second-order valence-corrected chi connectivity index (χ2v) is 6.13. The van der Waals surface area contributed by atoms with Crippen LogP contribution in [0.15, 0.2) is 18.2 Å². The molecular formula is C16H23NO2. The Bertz CT molecular complexity index is 484. The summed E-state index contributed by atoms with van der Waals surface area (Å²) in [6.07, 6.45) is 2.33. The first-order valence-corrected chi connectivity index (χ1v) is 6.94. The molecular weight excluding hydrogens is 238 g/mol. The fraction of sp³-hybridized carbons (Fsp3) is 0.562. The maximum Gasteiger partial charge on any atom is 0.303 e. The first-order chi connectivity index (χ1) is 8.91. The molecule has 1 N–H and O–H groups in total. The van der Waals surface area contributed by atoms with Crippen molar-refractivity contribution in [1.82, 2.24) is 0 Å². The zero-order chi connectivity index (χ0) is 14.0. The van der Waals surface area contributed by atoms with E-state index < -0.39 is 5.97 Å². The van der Waals surface area contributed by atoms with Crippen LogP contribution >= 0.6 is 0 Å². The summed E-state index contributed by atoms with van der Waals surface area (Å²) in [6.45, 7) is 8.23.